The van der Waals surface area contributed by atoms with Crippen LogP contribution >= 0.6 is 11.3 Å². The molecule has 1 unspecified atom stereocenters. The monoisotopic (exact) mass is 414 g/mol. The molecular formula is C24H22N4OS. The van der Waals surface area contributed by atoms with Gasteiger partial charge in [0.1, 0.15) is 10.8 Å². The Hall–Kier alpha value is -3.25. The van der Waals surface area contributed by atoms with Crippen LogP contribution in [0, 0.1) is 6.92 Å². The number of hydrogen-bond donors (Lipinski definition) is 1. The summed E-state index contributed by atoms with van der Waals surface area (Å²) >= 11 is 1.57. The topological polar surface area (TPSA) is 59.8 Å². The number of para-hydroxylation sites is 1. The third kappa shape index (κ3) is 3.55. The molecule has 1 aliphatic carbocycles. The van der Waals surface area contributed by atoms with Gasteiger partial charge >= 0.3 is 0 Å². The minimum atomic E-state index is -0.178. The van der Waals surface area contributed by atoms with Gasteiger partial charge in [-0.2, -0.15) is 5.10 Å². The van der Waals surface area contributed by atoms with Crippen molar-refractivity contribution in [2.45, 2.75) is 32.2 Å². The van der Waals surface area contributed by atoms with E-state index in [2.05, 4.69) is 39.7 Å². The number of anilines is 1. The van der Waals surface area contributed by atoms with E-state index in [1.54, 1.807) is 23.5 Å². The normalized spacial score (nSPS) is 16.1. The van der Waals surface area contributed by atoms with E-state index >= 15 is 0 Å². The second-order valence-corrected chi connectivity index (χ2v) is 8.63. The van der Waals surface area contributed by atoms with Crippen molar-refractivity contribution < 1.29 is 4.79 Å². The summed E-state index contributed by atoms with van der Waals surface area (Å²) in [6.07, 6.45) is 8.37. The van der Waals surface area contributed by atoms with Gasteiger partial charge in [-0.05, 0) is 55.5 Å². The van der Waals surface area contributed by atoms with E-state index in [0.717, 1.165) is 45.9 Å². The third-order valence-corrected chi connectivity index (χ3v) is 6.54. The average Bonchev–Trinajstić information content (AvgIpc) is 3.35. The summed E-state index contributed by atoms with van der Waals surface area (Å²) in [7, 11) is 0. The van der Waals surface area contributed by atoms with Gasteiger partial charge in [0.2, 0.25) is 5.91 Å². The number of nitrogens with zero attached hydrogens (tertiary/aromatic N) is 3. The Labute approximate surface area is 179 Å². The molecule has 1 N–H and O–H groups in total. The molecule has 2 heterocycles. The molecule has 1 atom stereocenters. The largest absolute Gasteiger partial charge is 0.307 e. The van der Waals surface area contributed by atoms with E-state index in [1.807, 2.05) is 42.1 Å². The van der Waals surface area contributed by atoms with E-state index < -0.39 is 0 Å². The minimum Gasteiger partial charge on any atom is -0.307 e. The summed E-state index contributed by atoms with van der Waals surface area (Å²) in [6, 6.07) is 16.7. The van der Waals surface area contributed by atoms with Gasteiger partial charge < -0.3 is 5.32 Å². The van der Waals surface area contributed by atoms with Crippen LogP contribution in [0.5, 0.6) is 0 Å². The number of aromatic nitrogens is 3. The van der Waals surface area contributed by atoms with Gasteiger partial charge in [-0.15, -0.1) is 11.3 Å². The molecule has 1 aliphatic rings. The van der Waals surface area contributed by atoms with Crippen molar-refractivity contribution in [2.24, 2.45) is 0 Å². The average molecular weight is 415 g/mol. The number of carbonyl (C=O) groups is 1. The van der Waals surface area contributed by atoms with E-state index in [-0.39, 0.29) is 11.9 Å². The Morgan fingerprint density at radius 3 is 2.93 bits per heavy atom. The smallest absolute Gasteiger partial charge is 0.249 e. The van der Waals surface area contributed by atoms with Crippen molar-refractivity contribution in [2.75, 3.05) is 5.32 Å². The molecule has 150 valence electrons. The fraction of sp³-hybridized carbons (Fsp3) is 0.208. The van der Waals surface area contributed by atoms with Crippen LogP contribution in [-0.2, 0) is 11.2 Å². The molecule has 0 aliphatic heterocycles. The van der Waals surface area contributed by atoms with E-state index in [4.69, 9.17) is 0 Å². The van der Waals surface area contributed by atoms with Crippen molar-refractivity contribution >= 4 is 39.4 Å². The number of fused-ring (bicyclic) bond motifs is 2. The van der Waals surface area contributed by atoms with Gasteiger partial charge in [0.05, 0.1) is 22.5 Å². The van der Waals surface area contributed by atoms with Gasteiger partial charge in [0.15, 0.2) is 0 Å². The standard InChI is InChI=1S/C24H22N4OS/c1-16-15-25-28(20-11-6-8-17-7-2-3-9-18(17)20)24(16)27-22(29)13-14-23-26-19-10-4-5-12-21(19)30-23/h2-5,7,9-10,12-15,20H,6,8,11H2,1H3,(H,27,29)/b14-13+. The summed E-state index contributed by atoms with van der Waals surface area (Å²) in [6.45, 7) is 1.98. The lowest BCUT2D eigenvalue weighted by atomic mass is 9.88. The highest BCUT2D eigenvalue weighted by atomic mass is 32.1. The minimum absolute atomic E-state index is 0.146. The number of rotatable bonds is 4. The first-order valence-corrected chi connectivity index (χ1v) is 11.0. The molecule has 4 aromatic rings. The molecule has 30 heavy (non-hydrogen) atoms. The lowest BCUT2D eigenvalue weighted by Crippen LogP contribution is -2.22. The van der Waals surface area contributed by atoms with E-state index in [9.17, 15) is 4.79 Å². The van der Waals surface area contributed by atoms with Gasteiger partial charge in [-0.1, -0.05) is 36.4 Å². The van der Waals surface area contributed by atoms with Gasteiger partial charge in [0, 0.05) is 11.6 Å². The molecule has 5 nitrogen and oxygen atoms in total. The van der Waals surface area contributed by atoms with Crippen LogP contribution in [0.15, 0.2) is 60.8 Å². The van der Waals surface area contributed by atoms with Crippen LogP contribution < -0.4 is 5.32 Å². The molecule has 2 aromatic heterocycles. The summed E-state index contributed by atoms with van der Waals surface area (Å²) in [5.74, 6) is 0.582. The van der Waals surface area contributed by atoms with E-state index in [1.165, 1.54) is 11.1 Å². The number of hydrogen-bond acceptors (Lipinski definition) is 4. The molecule has 0 radical (unpaired) electrons. The SMILES string of the molecule is Cc1cnn(C2CCCc3ccccc32)c1NC(=O)/C=C/c1nc2ccccc2s1. The predicted molar refractivity (Wildman–Crippen MR) is 122 cm³/mol. The van der Waals surface area contributed by atoms with Gasteiger partial charge in [-0.25, -0.2) is 9.67 Å². The first-order valence-electron chi connectivity index (χ1n) is 10.2. The number of benzene rings is 2. The van der Waals surface area contributed by atoms with Crippen molar-refractivity contribution in [1.82, 2.24) is 14.8 Å². The van der Waals surface area contributed by atoms with Gasteiger partial charge in [-0.3, -0.25) is 4.79 Å². The number of amides is 1. The van der Waals surface area contributed by atoms with Crippen LogP contribution in [0.3, 0.4) is 0 Å². The Morgan fingerprint density at radius 2 is 2.03 bits per heavy atom. The molecule has 0 bridgehead atoms. The van der Waals surface area contributed by atoms with Gasteiger partial charge in [0.25, 0.3) is 0 Å². The quantitative estimate of drug-likeness (QED) is 0.456. The van der Waals surface area contributed by atoms with Crippen molar-refractivity contribution in [3.63, 3.8) is 0 Å². The zero-order valence-electron chi connectivity index (χ0n) is 16.7. The van der Waals surface area contributed by atoms with E-state index in [0.29, 0.717) is 0 Å². The molecule has 5 rings (SSSR count). The molecule has 0 saturated carbocycles. The Balaban J connectivity index is 1.38. The highest BCUT2D eigenvalue weighted by Crippen LogP contribution is 2.35. The Kier molecular flexibility index (Phi) is 4.93. The molecule has 2 aromatic carbocycles. The van der Waals surface area contributed by atoms with Crippen molar-refractivity contribution in [3.8, 4) is 0 Å². The zero-order chi connectivity index (χ0) is 20.5. The van der Waals surface area contributed by atoms with Crippen LogP contribution in [0.1, 0.15) is 40.6 Å². The number of carbonyl (C=O) groups excluding carboxylic acids is 1. The molecule has 0 saturated heterocycles. The maximum atomic E-state index is 12.7. The summed E-state index contributed by atoms with van der Waals surface area (Å²) in [4.78, 5) is 17.2. The first-order chi connectivity index (χ1) is 14.7. The van der Waals surface area contributed by atoms with Crippen molar-refractivity contribution in [1.29, 1.82) is 0 Å². The lowest BCUT2D eigenvalue weighted by molar-refractivity contribution is -0.111. The maximum Gasteiger partial charge on any atom is 0.249 e. The van der Waals surface area contributed by atoms with Crippen LogP contribution in [0.2, 0.25) is 0 Å². The van der Waals surface area contributed by atoms with Crippen molar-refractivity contribution in [3.05, 3.63) is 82.5 Å². The van der Waals surface area contributed by atoms with Crippen LogP contribution in [-0.4, -0.2) is 20.7 Å². The summed E-state index contributed by atoms with van der Waals surface area (Å²) in [5, 5.41) is 8.47. The Bertz CT molecular complexity index is 1220. The molecule has 0 spiro atoms. The Morgan fingerprint density at radius 1 is 1.20 bits per heavy atom. The molecule has 1 amide bonds. The fourth-order valence-electron chi connectivity index (χ4n) is 4.09. The zero-order valence-corrected chi connectivity index (χ0v) is 17.5. The highest BCUT2D eigenvalue weighted by Gasteiger charge is 2.25. The molecular weight excluding hydrogens is 392 g/mol. The number of nitrogens with one attached hydrogen (secondary N) is 1. The second kappa shape index (κ2) is 7.88. The second-order valence-electron chi connectivity index (χ2n) is 7.57. The fourth-order valence-corrected chi connectivity index (χ4v) is 4.96. The predicted octanol–water partition coefficient (Wildman–Crippen LogP) is 5.38. The third-order valence-electron chi connectivity index (χ3n) is 5.54. The number of aryl methyl sites for hydroxylation is 2. The van der Waals surface area contributed by atoms with Crippen LogP contribution in [0.4, 0.5) is 5.82 Å². The first kappa shape index (κ1) is 18.8. The number of thiazole rings is 1. The molecule has 6 heteroatoms. The maximum absolute atomic E-state index is 12.7. The molecule has 0 fully saturated rings. The highest BCUT2D eigenvalue weighted by molar-refractivity contribution is 7.19. The lowest BCUT2D eigenvalue weighted by Gasteiger charge is -2.27. The summed E-state index contributed by atoms with van der Waals surface area (Å²) < 4.78 is 3.08. The summed E-state index contributed by atoms with van der Waals surface area (Å²) in [5.41, 5.74) is 4.58. The van der Waals surface area contributed by atoms with Crippen LogP contribution in [0.25, 0.3) is 16.3 Å².